The minimum Gasteiger partial charge on any atom is -0.383 e. The van der Waals surface area contributed by atoms with E-state index in [1.165, 1.54) is 0 Å². The van der Waals surface area contributed by atoms with Crippen molar-refractivity contribution in [2.24, 2.45) is 0 Å². The number of halogens is 2. The molecule has 0 saturated heterocycles. The molecule has 0 unspecified atom stereocenters. The van der Waals surface area contributed by atoms with Gasteiger partial charge < -0.3 is 16.0 Å². The summed E-state index contributed by atoms with van der Waals surface area (Å²) in [5, 5.41) is 33.0. The van der Waals surface area contributed by atoms with Crippen molar-refractivity contribution < 1.29 is 19.9 Å². The number of benzene rings is 2. The molecule has 0 fully saturated rings. The van der Waals surface area contributed by atoms with E-state index in [1.807, 2.05) is 52.0 Å². The second-order valence-electron chi connectivity index (χ2n) is 7.07. The first-order chi connectivity index (χ1) is 17.0. The summed E-state index contributed by atoms with van der Waals surface area (Å²) in [5.74, 6) is 0. The standard InChI is InChI=1S/C22H21Cl2N5O2.2C2H6/c23-15-1-3-17-19(5-11-28(30)21(17)13-15)26-9-7-25-8-10-27-20-6-12-29(31)22-14-16(24)2-4-18(20)22;2*1-2/h1-6,11-14,25,30-31H,7-10H2;2*1-2H3/p+2. The van der Waals surface area contributed by atoms with E-state index in [1.54, 1.807) is 36.7 Å². The second kappa shape index (κ2) is 14.4. The first kappa shape index (κ1) is 28.2. The summed E-state index contributed by atoms with van der Waals surface area (Å²) >= 11 is 12.1. The molecule has 0 aliphatic rings. The molecule has 0 aliphatic carbocycles. The zero-order chi connectivity index (χ0) is 25.8. The molecule has 188 valence electrons. The van der Waals surface area contributed by atoms with E-state index in [0.717, 1.165) is 57.8 Å². The van der Waals surface area contributed by atoms with Gasteiger partial charge in [-0.25, -0.2) is 0 Å². The number of hydrogen-bond acceptors (Lipinski definition) is 5. The predicted octanol–water partition coefficient (Wildman–Crippen LogP) is 5.52. The Kier molecular flexibility index (Phi) is 11.6. The van der Waals surface area contributed by atoms with Crippen LogP contribution in [0.2, 0.25) is 10.0 Å². The molecule has 0 spiro atoms. The van der Waals surface area contributed by atoms with Gasteiger partial charge >= 0.3 is 0 Å². The molecule has 0 saturated carbocycles. The molecule has 5 N–H and O–H groups in total. The number of rotatable bonds is 8. The number of nitrogens with one attached hydrogen (secondary N) is 3. The Hall–Kier alpha value is -3.00. The molecule has 2 aromatic heterocycles. The molecule has 0 bridgehead atoms. The Morgan fingerprint density at radius 1 is 0.629 bits per heavy atom. The van der Waals surface area contributed by atoms with Gasteiger partial charge in [-0.05, 0) is 24.3 Å². The van der Waals surface area contributed by atoms with Gasteiger partial charge in [0.1, 0.15) is 0 Å². The first-order valence-corrected chi connectivity index (χ1v) is 12.6. The highest BCUT2D eigenvalue weighted by atomic mass is 35.5. The summed E-state index contributed by atoms with van der Waals surface area (Å²) in [5.41, 5.74) is 3.16. The van der Waals surface area contributed by atoms with E-state index < -0.39 is 0 Å². The summed E-state index contributed by atoms with van der Waals surface area (Å²) in [6, 6.07) is 14.5. The van der Waals surface area contributed by atoms with E-state index in [2.05, 4.69) is 16.0 Å². The van der Waals surface area contributed by atoms with Gasteiger partial charge in [0.2, 0.25) is 12.4 Å². The highest BCUT2D eigenvalue weighted by Gasteiger charge is 2.13. The highest BCUT2D eigenvalue weighted by molar-refractivity contribution is 6.31. The van der Waals surface area contributed by atoms with E-state index >= 15 is 0 Å². The van der Waals surface area contributed by atoms with Crippen molar-refractivity contribution in [3.8, 4) is 0 Å². The Labute approximate surface area is 216 Å². The van der Waals surface area contributed by atoms with Gasteiger partial charge in [0.15, 0.2) is 0 Å². The minimum absolute atomic E-state index is 0.574. The lowest BCUT2D eigenvalue weighted by atomic mass is 10.2. The second-order valence-corrected chi connectivity index (χ2v) is 7.95. The molecule has 35 heavy (non-hydrogen) atoms. The zero-order valence-corrected chi connectivity index (χ0v) is 22.2. The van der Waals surface area contributed by atoms with Crippen LogP contribution in [-0.2, 0) is 0 Å². The van der Waals surface area contributed by atoms with E-state index in [9.17, 15) is 10.4 Å². The van der Waals surface area contributed by atoms with Crippen LogP contribution in [0.3, 0.4) is 0 Å². The monoisotopic (exact) mass is 519 g/mol. The quantitative estimate of drug-likeness (QED) is 0.120. The number of aromatic nitrogens is 2. The Bertz CT molecular complexity index is 1140. The maximum atomic E-state index is 9.97. The third kappa shape index (κ3) is 7.49. The van der Waals surface area contributed by atoms with E-state index in [4.69, 9.17) is 23.2 Å². The van der Waals surface area contributed by atoms with Gasteiger partial charge in [-0.2, -0.15) is 0 Å². The summed E-state index contributed by atoms with van der Waals surface area (Å²) in [4.78, 5) is 0. The molecule has 0 radical (unpaired) electrons. The van der Waals surface area contributed by atoms with Crippen molar-refractivity contribution in [1.29, 1.82) is 0 Å². The highest BCUT2D eigenvalue weighted by Crippen LogP contribution is 2.24. The van der Waals surface area contributed by atoms with Gasteiger partial charge in [0, 0.05) is 70.0 Å². The molecule has 9 heteroatoms. The van der Waals surface area contributed by atoms with Crippen molar-refractivity contribution in [3.05, 3.63) is 71.0 Å². The lowest BCUT2D eigenvalue weighted by Crippen LogP contribution is -2.31. The molecule has 0 aliphatic heterocycles. The number of nitrogens with zero attached hydrogens (tertiary/aromatic N) is 2. The Morgan fingerprint density at radius 2 is 1.03 bits per heavy atom. The normalized spacial score (nSPS) is 10.2. The fourth-order valence-corrected chi connectivity index (χ4v) is 3.81. The van der Waals surface area contributed by atoms with Gasteiger partial charge in [-0.3, -0.25) is 10.4 Å². The van der Waals surface area contributed by atoms with Crippen molar-refractivity contribution >= 4 is 56.4 Å². The molecule has 4 rings (SSSR count). The fraction of sp³-hybridized carbons (Fsp3) is 0.308. The molecule has 7 nitrogen and oxygen atoms in total. The molecule has 2 heterocycles. The lowest BCUT2D eigenvalue weighted by molar-refractivity contribution is -0.884. The van der Waals surface area contributed by atoms with Gasteiger partial charge in [-0.15, -0.1) is 0 Å². The molecule has 4 aromatic rings. The van der Waals surface area contributed by atoms with Crippen LogP contribution in [0.25, 0.3) is 21.8 Å². The number of pyridine rings is 2. The van der Waals surface area contributed by atoms with Crippen molar-refractivity contribution in [1.82, 2.24) is 5.32 Å². The van der Waals surface area contributed by atoms with Crippen LogP contribution in [0.15, 0.2) is 60.9 Å². The number of hydrogen-bond donors (Lipinski definition) is 5. The first-order valence-electron chi connectivity index (χ1n) is 11.9. The van der Waals surface area contributed by atoms with Crippen LogP contribution in [0.1, 0.15) is 27.7 Å². The summed E-state index contributed by atoms with van der Waals surface area (Å²) < 4.78 is 2.13. The minimum atomic E-state index is 0.574. The summed E-state index contributed by atoms with van der Waals surface area (Å²) in [7, 11) is 0. The van der Waals surface area contributed by atoms with Crippen LogP contribution >= 0.6 is 23.2 Å². The smallest absolute Gasteiger partial charge is 0.268 e. The molecule has 0 amide bonds. The fourth-order valence-electron chi connectivity index (χ4n) is 3.48. The lowest BCUT2D eigenvalue weighted by Gasteiger charge is -2.11. The van der Waals surface area contributed by atoms with Crippen molar-refractivity contribution in [2.45, 2.75) is 27.7 Å². The van der Waals surface area contributed by atoms with Crippen LogP contribution in [0.4, 0.5) is 11.4 Å². The van der Waals surface area contributed by atoms with E-state index in [0.29, 0.717) is 21.1 Å². The largest absolute Gasteiger partial charge is 0.383 e. The predicted molar refractivity (Wildman–Crippen MR) is 145 cm³/mol. The molecular weight excluding hydrogens is 485 g/mol. The number of fused-ring (bicyclic) bond motifs is 2. The van der Waals surface area contributed by atoms with Crippen LogP contribution in [0.5, 0.6) is 0 Å². The van der Waals surface area contributed by atoms with Gasteiger partial charge in [0.05, 0.1) is 22.1 Å². The summed E-state index contributed by atoms with van der Waals surface area (Å²) in [6.07, 6.45) is 3.18. The number of anilines is 2. The average molecular weight is 521 g/mol. The van der Waals surface area contributed by atoms with Gasteiger partial charge in [0.25, 0.3) is 11.0 Å². The Balaban J connectivity index is 0.00000103. The van der Waals surface area contributed by atoms with Crippen LogP contribution in [-0.4, -0.2) is 36.6 Å². The van der Waals surface area contributed by atoms with E-state index in [-0.39, 0.29) is 0 Å². The van der Waals surface area contributed by atoms with Gasteiger partial charge in [-0.1, -0.05) is 50.9 Å². The maximum absolute atomic E-state index is 9.97. The van der Waals surface area contributed by atoms with Crippen molar-refractivity contribution in [3.63, 3.8) is 0 Å². The summed E-state index contributed by atoms with van der Waals surface area (Å²) in [6.45, 7) is 11.0. The molecular formula is C26H35Cl2N5O2+2. The zero-order valence-electron chi connectivity index (χ0n) is 20.6. The Morgan fingerprint density at radius 3 is 1.43 bits per heavy atom. The molecule has 0 atom stereocenters. The van der Waals surface area contributed by atoms with Crippen molar-refractivity contribution in [2.75, 3.05) is 36.8 Å². The topological polar surface area (TPSA) is 84.3 Å². The maximum Gasteiger partial charge on any atom is 0.268 e. The SMILES string of the molecule is CC.CC.O[n+]1ccc(NCCNCCNc2cc[n+](O)c3cc(Cl)ccc23)c2ccc(Cl)cc21. The average Bonchev–Trinajstić information content (AvgIpc) is 2.88. The third-order valence-corrected chi connectivity index (χ3v) is 5.46. The van der Waals surface area contributed by atoms with Crippen LogP contribution in [0, 0.1) is 0 Å². The van der Waals surface area contributed by atoms with Crippen LogP contribution < -0.4 is 25.4 Å². The molecule has 2 aromatic carbocycles. The third-order valence-electron chi connectivity index (χ3n) is 4.99.